The number of hydrogen-bond acceptors (Lipinski definition) is 7. The Morgan fingerprint density at radius 2 is 2.00 bits per heavy atom. The highest BCUT2D eigenvalue weighted by molar-refractivity contribution is 8.13. The number of halogens is 1. The fourth-order valence-corrected chi connectivity index (χ4v) is 2.75. The lowest BCUT2D eigenvalue weighted by molar-refractivity contribution is -0.385. The Bertz CT molecular complexity index is 671. The van der Waals surface area contributed by atoms with Crippen molar-refractivity contribution in [1.82, 2.24) is 0 Å². The molecule has 0 unspecified atom stereocenters. The summed E-state index contributed by atoms with van der Waals surface area (Å²) < 4.78 is 32.3. The molecule has 0 spiro atoms. The van der Waals surface area contributed by atoms with E-state index in [0.717, 1.165) is 12.1 Å². The maximum Gasteiger partial charge on any atom is 0.338 e. The van der Waals surface area contributed by atoms with Gasteiger partial charge in [0.2, 0.25) is 0 Å². The SMILES string of the molecule is COCCOC(=O)c1cc([N+](=O)[O-])c(C)c(S(=O)(=O)Cl)c1. The van der Waals surface area contributed by atoms with Crippen molar-refractivity contribution in [2.45, 2.75) is 11.8 Å². The maximum absolute atomic E-state index is 11.7. The van der Waals surface area contributed by atoms with E-state index < -0.39 is 30.5 Å². The Labute approximate surface area is 125 Å². The number of benzene rings is 1. The molecule has 0 saturated carbocycles. The van der Waals surface area contributed by atoms with Crippen molar-refractivity contribution in [2.75, 3.05) is 20.3 Å². The van der Waals surface area contributed by atoms with E-state index in [2.05, 4.69) is 4.74 Å². The molecule has 0 N–H and O–H groups in total. The minimum atomic E-state index is -4.24. The molecular formula is C11H12ClNO7S. The molecule has 0 amide bonds. The van der Waals surface area contributed by atoms with Gasteiger partial charge in [-0.3, -0.25) is 10.1 Å². The van der Waals surface area contributed by atoms with E-state index in [0.29, 0.717) is 0 Å². The number of ether oxygens (including phenoxy) is 2. The molecule has 21 heavy (non-hydrogen) atoms. The van der Waals surface area contributed by atoms with E-state index in [9.17, 15) is 23.3 Å². The number of nitrogens with zero attached hydrogens (tertiary/aromatic N) is 1. The van der Waals surface area contributed by atoms with Crippen molar-refractivity contribution in [1.29, 1.82) is 0 Å². The molecule has 0 fully saturated rings. The molecular weight excluding hydrogens is 326 g/mol. The number of hydrogen-bond donors (Lipinski definition) is 0. The van der Waals surface area contributed by atoms with Crippen LogP contribution in [0.5, 0.6) is 0 Å². The first-order chi connectivity index (χ1) is 9.68. The molecule has 10 heteroatoms. The highest BCUT2D eigenvalue weighted by Crippen LogP contribution is 2.29. The van der Waals surface area contributed by atoms with Crippen LogP contribution in [0.2, 0.25) is 0 Å². The number of rotatable bonds is 6. The van der Waals surface area contributed by atoms with Crippen molar-refractivity contribution >= 4 is 31.4 Å². The summed E-state index contributed by atoms with van der Waals surface area (Å²) in [5.41, 5.74) is -0.957. The number of esters is 1. The van der Waals surface area contributed by atoms with E-state index in [1.807, 2.05) is 0 Å². The summed E-state index contributed by atoms with van der Waals surface area (Å²) in [5.74, 6) is -0.906. The summed E-state index contributed by atoms with van der Waals surface area (Å²) in [4.78, 5) is 21.4. The van der Waals surface area contributed by atoms with Crippen LogP contribution in [0.3, 0.4) is 0 Å². The van der Waals surface area contributed by atoms with Gasteiger partial charge >= 0.3 is 5.97 Å². The van der Waals surface area contributed by atoms with Crippen LogP contribution in [0.1, 0.15) is 15.9 Å². The fraction of sp³-hybridized carbons (Fsp3) is 0.364. The van der Waals surface area contributed by atoms with Gasteiger partial charge in [0.25, 0.3) is 14.7 Å². The smallest absolute Gasteiger partial charge is 0.338 e. The first-order valence-electron chi connectivity index (χ1n) is 5.58. The molecule has 0 aromatic heterocycles. The van der Waals surface area contributed by atoms with E-state index >= 15 is 0 Å². The predicted octanol–water partition coefficient (Wildman–Crippen LogP) is 1.63. The van der Waals surface area contributed by atoms with Gasteiger partial charge < -0.3 is 9.47 Å². The molecule has 0 radical (unpaired) electrons. The van der Waals surface area contributed by atoms with Crippen LogP contribution in [0, 0.1) is 17.0 Å². The Balaban J connectivity index is 3.31. The highest BCUT2D eigenvalue weighted by atomic mass is 35.7. The Morgan fingerprint density at radius 3 is 2.48 bits per heavy atom. The first kappa shape index (κ1) is 17.3. The zero-order valence-corrected chi connectivity index (χ0v) is 12.7. The predicted molar refractivity (Wildman–Crippen MR) is 73.0 cm³/mol. The van der Waals surface area contributed by atoms with Gasteiger partial charge in [0.1, 0.15) is 6.61 Å². The maximum atomic E-state index is 11.7. The average Bonchev–Trinajstić information content (AvgIpc) is 2.37. The van der Waals surface area contributed by atoms with E-state index in [-0.39, 0.29) is 24.3 Å². The summed E-state index contributed by atoms with van der Waals surface area (Å²) in [7, 11) is 2.39. The Morgan fingerprint density at radius 1 is 1.38 bits per heavy atom. The van der Waals surface area contributed by atoms with Crippen molar-refractivity contribution in [3.63, 3.8) is 0 Å². The minimum Gasteiger partial charge on any atom is -0.460 e. The second kappa shape index (κ2) is 6.83. The van der Waals surface area contributed by atoms with Crippen LogP contribution in [-0.2, 0) is 18.5 Å². The molecule has 0 aliphatic heterocycles. The lowest BCUT2D eigenvalue weighted by Gasteiger charge is -2.08. The van der Waals surface area contributed by atoms with E-state index in [1.165, 1.54) is 14.0 Å². The van der Waals surface area contributed by atoms with Gasteiger partial charge in [-0.2, -0.15) is 0 Å². The molecule has 1 aromatic carbocycles. The van der Waals surface area contributed by atoms with Crippen molar-refractivity contribution in [2.24, 2.45) is 0 Å². The second-order valence-electron chi connectivity index (χ2n) is 3.94. The third kappa shape index (κ3) is 4.38. The van der Waals surface area contributed by atoms with Gasteiger partial charge in [-0.25, -0.2) is 13.2 Å². The summed E-state index contributed by atoms with van der Waals surface area (Å²) in [5, 5.41) is 10.9. The van der Waals surface area contributed by atoms with Crippen molar-refractivity contribution in [3.8, 4) is 0 Å². The van der Waals surface area contributed by atoms with E-state index in [4.69, 9.17) is 15.4 Å². The largest absolute Gasteiger partial charge is 0.460 e. The molecule has 8 nitrogen and oxygen atoms in total. The quantitative estimate of drug-likeness (QED) is 0.255. The molecule has 0 saturated heterocycles. The van der Waals surface area contributed by atoms with Gasteiger partial charge in [0, 0.05) is 29.4 Å². The number of methoxy groups -OCH3 is 1. The highest BCUT2D eigenvalue weighted by Gasteiger charge is 2.25. The molecule has 1 aromatic rings. The minimum absolute atomic E-state index is 0.0695. The molecule has 0 aliphatic rings. The van der Waals surface area contributed by atoms with Crippen LogP contribution >= 0.6 is 10.7 Å². The molecule has 0 bridgehead atoms. The lowest BCUT2D eigenvalue weighted by Crippen LogP contribution is -2.12. The summed E-state index contributed by atoms with van der Waals surface area (Å²) in [6.07, 6.45) is 0. The molecule has 1 rings (SSSR count). The van der Waals surface area contributed by atoms with Crippen LogP contribution in [0.15, 0.2) is 17.0 Å². The zero-order chi connectivity index (χ0) is 16.2. The molecule has 116 valence electrons. The summed E-state index contributed by atoms with van der Waals surface area (Å²) in [6.45, 7) is 1.30. The third-order valence-electron chi connectivity index (χ3n) is 2.55. The average molecular weight is 338 g/mol. The summed E-state index contributed by atoms with van der Waals surface area (Å²) >= 11 is 0. The van der Waals surface area contributed by atoms with E-state index in [1.54, 1.807) is 0 Å². The van der Waals surface area contributed by atoms with Gasteiger partial charge in [0.05, 0.1) is 22.0 Å². The molecule has 0 heterocycles. The van der Waals surface area contributed by atoms with Crippen LogP contribution in [0.25, 0.3) is 0 Å². The first-order valence-corrected chi connectivity index (χ1v) is 7.89. The summed E-state index contributed by atoms with van der Waals surface area (Å²) in [6, 6.07) is 1.88. The van der Waals surface area contributed by atoms with Crippen molar-refractivity contribution < 1.29 is 27.6 Å². The van der Waals surface area contributed by atoms with Gasteiger partial charge in [-0.15, -0.1) is 0 Å². The number of carbonyl (C=O) groups is 1. The van der Waals surface area contributed by atoms with Crippen LogP contribution < -0.4 is 0 Å². The lowest BCUT2D eigenvalue weighted by atomic mass is 10.1. The fourth-order valence-electron chi connectivity index (χ4n) is 1.53. The van der Waals surface area contributed by atoms with Gasteiger partial charge in [-0.05, 0) is 13.0 Å². The molecule has 0 atom stereocenters. The monoisotopic (exact) mass is 337 g/mol. The Kier molecular flexibility index (Phi) is 5.64. The van der Waals surface area contributed by atoms with Gasteiger partial charge in [-0.1, -0.05) is 0 Å². The number of nitro benzene ring substituents is 1. The second-order valence-corrected chi connectivity index (χ2v) is 6.48. The number of nitro groups is 1. The Hall–Kier alpha value is -1.71. The molecule has 0 aliphatic carbocycles. The van der Waals surface area contributed by atoms with Crippen molar-refractivity contribution in [3.05, 3.63) is 33.4 Å². The van der Waals surface area contributed by atoms with Gasteiger partial charge in [0.15, 0.2) is 0 Å². The number of carbonyl (C=O) groups excluding carboxylic acids is 1. The normalized spacial score (nSPS) is 11.2. The van der Waals surface area contributed by atoms with Crippen LogP contribution in [-0.4, -0.2) is 39.6 Å². The third-order valence-corrected chi connectivity index (χ3v) is 4.00. The standard InChI is InChI=1S/C11H12ClNO7S/c1-7-9(13(15)16)5-8(6-10(7)21(12,17)18)11(14)20-4-3-19-2/h5-6H,3-4H2,1-2H3. The van der Waals surface area contributed by atoms with Crippen LogP contribution in [0.4, 0.5) is 5.69 Å². The topological polar surface area (TPSA) is 113 Å². The zero-order valence-electron chi connectivity index (χ0n) is 11.2.